The zero-order valence-corrected chi connectivity index (χ0v) is 10.6. The zero-order valence-electron chi connectivity index (χ0n) is 10.6. The van der Waals surface area contributed by atoms with E-state index in [0.717, 1.165) is 22.3 Å². The van der Waals surface area contributed by atoms with Crippen LogP contribution in [-0.4, -0.2) is 5.11 Å². The van der Waals surface area contributed by atoms with E-state index < -0.39 is 0 Å². The van der Waals surface area contributed by atoms with Crippen molar-refractivity contribution in [2.75, 3.05) is 0 Å². The summed E-state index contributed by atoms with van der Waals surface area (Å²) in [5.74, 6) is 1.72. The number of ether oxygens (including phenoxy) is 1. The highest BCUT2D eigenvalue weighted by atomic mass is 16.5. The molecule has 3 nitrogen and oxygen atoms in total. The molecule has 19 heavy (non-hydrogen) atoms. The molecule has 0 saturated heterocycles. The largest absolute Gasteiger partial charge is 0.508 e. The molecular formula is C16H14O3. The van der Waals surface area contributed by atoms with E-state index in [1.165, 1.54) is 0 Å². The molecule has 0 aliphatic heterocycles. The van der Waals surface area contributed by atoms with Crippen LogP contribution < -0.4 is 4.74 Å². The van der Waals surface area contributed by atoms with Crippen molar-refractivity contribution in [1.29, 1.82) is 0 Å². The minimum Gasteiger partial charge on any atom is -0.508 e. The fraction of sp³-hybridized carbons (Fsp3) is 0.125. The SMILES string of the molecule is Cc1cccc2cc(COc3ccc(O)cc3)oc12. The summed E-state index contributed by atoms with van der Waals surface area (Å²) < 4.78 is 11.4. The Morgan fingerprint density at radius 1 is 1.11 bits per heavy atom. The van der Waals surface area contributed by atoms with Crippen molar-refractivity contribution < 1.29 is 14.3 Å². The molecule has 3 aromatic rings. The van der Waals surface area contributed by atoms with Gasteiger partial charge in [0.1, 0.15) is 29.4 Å². The number of fused-ring (bicyclic) bond motifs is 1. The van der Waals surface area contributed by atoms with Crippen molar-refractivity contribution in [2.24, 2.45) is 0 Å². The van der Waals surface area contributed by atoms with Crippen molar-refractivity contribution in [2.45, 2.75) is 13.5 Å². The third-order valence-corrected chi connectivity index (χ3v) is 3.01. The number of para-hydroxylation sites is 1. The number of hydrogen-bond acceptors (Lipinski definition) is 3. The fourth-order valence-electron chi connectivity index (χ4n) is 2.03. The van der Waals surface area contributed by atoms with E-state index in [1.54, 1.807) is 24.3 Å². The van der Waals surface area contributed by atoms with Crippen LogP contribution >= 0.6 is 0 Å². The van der Waals surface area contributed by atoms with Crippen LogP contribution in [0.4, 0.5) is 0 Å². The predicted octanol–water partition coefficient (Wildman–Crippen LogP) is 4.03. The van der Waals surface area contributed by atoms with Gasteiger partial charge in [-0.1, -0.05) is 18.2 Å². The summed E-state index contributed by atoms with van der Waals surface area (Å²) in [7, 11) is 0. The standard InChI is InChI=1S/C16H14O3/c1-11-3-2-4-12-9-15(19-16(11)12)10-18-14-7-5-13(17)6-8-14/h2-9,17H,10H2,1H3. The zero-order chi connectivity index (χ0) is 13.2. The lowest BCUT2D eigenvalue weighted by molar-refractivity contribution is 0.274. The average Bonchev–Trinajstić information content (AvgIpc) is 2.83. The van der Waals surface area contributed by atoms with E-state index in [-0.39, 0.29) is 5.75 Å². The second-order valence-corrected chi connectivity index (χ2v) is 4.49. The van der Waals surface area contributed by atoms with E-state index >= 15 is 0 Å². The molecule has 1 aromatic heterocycles. The first kappa shape index (κ1) is 11.7. The molecule has 3 heteroatoms. The first-order chi connectivity index (χ1) is 9.22. The lowest BCUT2D eigenvalue weighted by atomic mass is 10.2. The molecule has 3 rings (SSSR count). The van der Waals surface area contributed by atoms with Crippen LogP contribution in [0.1, 0.15) is 11.3 Å². The maximum atomic E-state index is 9.19. The Kier molecular flexibility index (Phi) is 2.88. The summed E-state index contributed by atoms with van der Waals surface area (Å²) >= 11 is 0. The summed E-state index contributed by atoms with van der Waals surface area (Å²) in [5, 5.41) is 10.3. The monoisotopic (exact) mass is 254 g/mol. The molecule has 0 unspecified atom stereocenters. The highest BCUT2D eigenvalue weighted by molar-refractivity contribution is 5.80. The number of furan rings is 1. The number of phenols is 1. The first-order valence-corrected chi connectivity index (χ1v) is 6.12. The Balaban J connectivity index is 1.78. The molecule has 0 aliphatic carbocycles. The lowest BCUT2D eigenvalue weighted by Gasteiger charge is -2.03. The highest BCUT2D eigenvalue weighted by Crippen LogP contribution is 2.24. The average molecular weight is 254 g/mol. The van der Waals surface area contributed by atoms with Crippen LogP contribution in [0.15, 0.2) is 52.9 Å². The second kappa shape index (κ2) is 4.69. The van der Waals surface area contributed by atoms with Gasteiger partial charge >= 0.3 is 0 Å². The molecule has 0 radical (unpaired) electrons. The van der Waals surface area contributed by atoms with Crippen LogP contribution in [0.3, 0.4) is 0 Å². The maximum absolute atomic E-state index is 9.19. The van der Waals surface area contributed by atoms with Crippen molar-refractivity contribution in [1.82, 2.24) is 0 Å². The Morgan fingerprint density at radius 3 is 2.63 bits per heavy atom. The Bertz CT molecular complexity index is 696. The molecule has 0 atom stereocenters. The van der Waals surface area contributed by atoms with E-state index in [2.05, 4.69) is 0 Å². The van der Waals surface area contributed by atoms with Crippen LogP contribution in [0, 0.1) is 6.92 Å². The molecule has 0 spiro atoms. The molecule has 2 aromatic carbocycles. The van der Waals surface area contributed by atoms with Gasteiger partial charge in [0.05, 0.1) is 0 Å². The smallest absolute Gasteiger partial charge is 0.146 e. The predicted molar refractivity (Wildman–Crippen MR) is 73.4 cm³/mol. The van der Waals surface area contributed by atoms with Gasteiger partial charge in [0.15, 0.2) is 0 Å². The summed E-state index contributed by atoms with van der Waals surface area (Å²) in [6, 6.07) is 14.7. The number of phenolic OH excluding ortho intramolecular Hbond substituents is 1. The van der Waals surface area contributed by atoms with E-state index in [9.17, 15) is 5.11 Å². The van der Waals surface area contributed by atoms with Crippen LogP contribution in [0.2, 0.25) is 0 Å². The van der Waals surface area contributed by atoms with Gasteiger partial charge in [0.2, 0.25) is 0 Å². The first-order valence-electron chi connectivity index (χ1n) is 6.12. The van der Waals surface area contributed by atoms with Gasteiger partial charge in [-0.15, -0.1) is 0 Å². The number of benzene rings is 2. The minimum absolute atomic E-state index is 0.228. The summed E-state index contributed by atoms with van der Waals surface area (Å²) in [6.45, 7) is 2.40. The normalized spacial score (nSPS) is 10.8. The number of hydrogen-bond donors (Lipinski definition) is 1. The van der Waals surface area contributed by atoms with Gasteiger partial charge in [-0.2, -0.15) is 0 Å². The molecule has 96 valence electrons. The maximum Gasteiger partial charge on any atom is 0.146 e. The number of rotatable bonds is 3. The van der Waals surface area contributed by atoms with Crippen LogP contribution in [-0.2, 0) is 6.61 Å². The molecular weight excluding hydrogens is 240 g/mol. The second-order valence-electron chi connectivity index (χ2n) is 4.49. The minimum atomic E-state index is 0.228. The van der Waals surface area contributed by atoms with Gasteiger partial charge < -0.3 is 14.3 Å². The fourth-order valence-corrected chi connectivity index (χ4v) is 2.03. The molecule has 1 N–H and O–H groups in total. The van der Waals surface area contributed by atoms with E-state index in [1.807, 2.05) is 31.2 Å². The topological polar surface area (TPSA) is 42.6 Å². The number of aryl methyl sites for hydroxylation is 1. The van der Waals surface area contributed by atoms with Gasteiger partial charge in [-0.25, -0.2) is 0 Å². The van der Waals surface area contributed by atoms with E-state index in [0.29, 0.717) is 12.4 Å². The Morgan fingerprint density at radius 2 is 1.89 bits per heavy atom. The van der Waals surface area contributed by atoms with Gasteiger partial charge in [-0.05, 0) is 42.8 Å². The molecule has 0 aliphatic rings. The Labute approximate surface area is 111 Å². The van der Waals surface area contributed by atoms with Gasteiger partial charge in [0.25, 0.3) is 0 Å². The molecule has 0 amide bonds. The third-order valence-electron chi connectivity index (χ3n) is 3.01. The van der Waals surface area contributed by atoms with Crippen molar-refractivity contribution in [3.05, 3.63) is 59.9 Å². The van der Waals surface area contributed by atoms with Crippen molar-refractivity contribution in [3.8, 4) is 11.5 Å². The highest BCUT2D eigenvalue weighted by Gasteiger charge is 2.06. The molecule has 0 fully saturated rings. The van der Waals surface area contributed by atoms with Gasteiger partial charge in [-0.3, -0.25) is 0 Å². The van der Waals surface area contributed by atoms with Crippen LogP contribution in [0.25, 0.3) is 11.0 Å². The summed E-state index contributed by atoms with van der Waals surface area (Å²) in [5.41, 5.74) is 2.03. The molecule has 1 heterocycles. The van der Waals surface area contributed by atoms with Crippen LogP contribution in [0.5, 0.6) is 11.5 Å². The quantitative estimate of drug-likeness (QED) is 0.767. The summed E-state index contributed by atoms with van der Waals surface area (Å²) in [4.78, 5) is 0. The molecule has 0 bridgehead atoms. The van der Waals surface area contributed by atoms with Gasteiger partial charge in [0, 0.05) is 5.39 Å². The Hall–Kier alpha value is -2.42. The van der Waals surface area contributed by atoms with E-state index in [4.69, 9.17) is 9.15 Å². The number of aromatic hydroxyl groups is 1. The molecule has 0 saturated carbocycles. The third kappa shape index (κ3) is 2.40. The summed E-state index contributed by atoms with van der Waals surface area (Å²) in [6.07, 6.45) is 0. The lowest BCUT2D eigenvalue weighted by Crippen LogP contribution is -1.92. The van der Waals surface area contributed by atoms with Crippen molar-refractivity contribution >= 4 is 11.0 Å². The van der Waals surface area contributed by atoms with Crippen molar-refractivity contribution in [3.63, 3.8) is 0 Å².